The van der Waals surface area contributed by atoms with E-state index in [2.05, 4.69) is 20.5 Å². The highest BCUT2D eigenvalue weighted by Gasteiger charge is 2.12. The molecule has 0 aromatic carbocycles. The number of hydrogen-bond donors (Lipinski definition) is 2. The molecule has 0 saturated heterocycles. The van der Waals surface area contributed by atoms with Crippen molar-refractivity contribution in [1.82, 2.24) is 19.6 Å². The predicted octanol–water partition coefficient (Wildman–Crippen LogP) is 0.242. The van der Waals surface area contributed by atoms with Gasteiger partial charge in [0.1, 0.15) is 5.82 Å². The fraction of sp³-hybridized carbons (Fsp3) is 0.545. The molecular formula is C11H17N5O2. The molecule has 0 saturated carbocycles. The van der Waals surface area contributed by atoms with Gasteiger partial charge >= 0.3 is 0 Å². The summed E-state index contributed by atoms with van der Waals surface area (Å²) in [6.07, 6.45) is 4.18. The molecule has 0 radical (unpaired) electrons. The van der Waals surface area contributed by atoms with Gasteiger partial charge in [-0.3, -0.25) is 4.40 Å². The number of nitrogens with zero attached hydrogens (tertiary/aromatic N) is 4. The van der Waals surface area contributed by atoms with Crippen molar-refractivity contribution in [3.8, 4) is 0 Å². The summed E-state index contributed by atoms with van der Waals surface area (Å²) in [6.45, 7) is 2.46. The largest absolute Gasteiger partial charge is 0.394 e. The third kappa shape index (κ3) is 2.57. The van der Waals surface area contributed by atoms with Crippen molar-refractivity contribution in [2.45, 2.75) is 19.4 Å². The van der Waals surface area contributed by atoms with Crippen LogP contribution < -0.4 is 5.32 Å². The Bertz CT molecular complexity index is 513. The zero-order valence-electron chi connectivity index (χ0n) is 10.5. The van der Waals surface area contributed by atoms with Crippen LogP contribution in [0.4, 0.5) is 5.82 Å². The average Bonchev–Trinajstić information content (AvgIpc) is 2.77. The van der Waals surface area contributed by atoms with Crippen LogP contribution in [0.15, 0.2) is 12.4 Å². The van der Waals surface area contributed by atoms with Gasteiger partial charge in [0.05, 0.1) is 12.6 Å². The van der Waals surface area contributed by atoms with Crippen LogP contribution in [-0.2, 0) is 4.74 Å². The first-order chi connectivity index (χ1) is 8.76. The van der Waals surface area contributed by atoms with Crippen molar-refractivity contribution in [3.05, 3.63) is 18.2 Å². The number of rotatable bonds is 6. The Balaban J connectivity index is 2.20. The second-order valence-electron chi connectivity index (χ2n) is 4.02. The van der Waals surface area contributed by atoms with Crippen LogP contribution in [0, 0.1) is 6.92 Å². The Hall–Kier alpha value is -1.73. The molecule has 98 valence electrons. The van der Waals surface area contributed by atoms with Gasteiger partial charge in [0, 0.05) is 26.1 Å². The van der Waals surface area contributed by atoms with Crippen molar-refractivity contribution >= 4 is 11.5 Å². The van der Waals surface area contributed by atoms with Crippen molar-refractivity contribution in [3.63, 3.8) is 0 Å². The van der Waals surface area contributed by atoms with E-state index >= 15 is 0 Å². The summed E-state index contributed by atoms with van der Waals surface area (Å²) in [5.74, 6) is 1.42. The molecule has 0 aliphatic heterocycles. The predicted molar refractivity (Wildman–Crippen MR) is 66.5 cm³/mol. The molecule has 0 fully saturated rings. The molecule has 0 aliphatic carbocycles. The van der Waals surface area contributed by atoms with E-state index in [4.69, 9.17) is 4.74 Å². The summed E-state index contributed by atoms with van der Waals surface area (Å²) in [5.41, 5.74) is 0.658. The number of aliphatic hydroxyl groups is 1. The van der Waals surface area contributed by atoms with Crippen molar-refractivity contribution < 1.29 is 9.84 Å². The van der Waals surface area contributed by atoms with Crippen LogP contribution in [0.5, 0.6) is 0 Å². The van der Waals surface area contributed by atoms with Crippen LogP contribution >= 0.6 is 0 Å². The van der Waals surface area contributed by atoms with E-state index in [0.29, 0.717) is 24.5 Å². The molecule has 0 spiro atoms. The minimum atomic E-state index is -0.111. The highest BCUT2D eigenvalue weighted by molar-refractivity contribution is 5.62. The molecular weight excluding hydrogens is 234 g/mol. The van der Waals surface area contributed by atoms with Crippen LogP contribution in [0.3, 0.4) is 0 Å². The molecule has 2 N–H and O–H groups in total. The number of anilines is 1. The Kier molecular flexibility index (Phi) is 4.06. The van der Waals surface area contributed by atoms with Crippen molar-refractivity contribution in [2.75, 3.05) is 25.6 Å². The van der Waals surface area contributed by atoms with Crippen LogP contribution in [0.25, 0.3) is 5.65 Å². The van der Waals surface area contributed by atoms with Crippen molar-refractivity contribution in [2.24, 2.45) is 0 Å². The fourth-order valence-corrected chi connectivity index (χ4v) is 1.71. The second kappa shape index (κ2) is 5.74. The smallest absolute Gasteiger partial charge is 0.203 e. The normalized spacial score (nSPS) is 12.8. The summed E-state index contributed by atoms with van der Waals surface area (Å²) in [5, 5.41) is 20.5. The first-order valence-corrected chi connectivity index (χ1v) is 5.79. The quantitative estimate of drug-likeness (QED) is 0.765. The standard InChI is InChI=1S/C11H17N5O2/c1-8-14-15-11-10(12-4-5-16(8)11)13-9(7-17)3-6-18-2/h4-5,9,17H,3,6-7H2,1-2H3,(H,12,13). The third-order valence-electron chi connectivity index (χ3n) is 2.73. The molecule has 7 nitrogen and oxygen atoms in total. The van der Waals surface area contributed by atoms with E-state index in [1.54, 1.807) is 19.5 Å². The molecule has 2 aromatic heterocycles. The second-order valence-corrected chi connectivity index (χ2v) is 4.02. The van der Waals surface area contributed by atoms with E-state index in [0.717, 1.165) is 5.82 Å². The van der Waals surface area contributed by atoms with Gasteiger partial charge in [-0.2, -0.15) is 0 Å². The van der Waals surface area contributed by atoms with Crippen molar-refractivity contribution in [1.29, 1.82) is 0 Å². The number of aliphatic hydroxyl groups excluding tert-OH is 1. The number of ether oxygens (including phenoxy) is 1. The van der Waals surface area contributed by atoms with E-state index in [-0.39, 0.29) is 12.6 Å². The van der Waals surface area contributed by atoms with E-state index in [1.165, 1.54) is 0 Å². The lowest BCUT2D eigenvalue weighted by Gasteiger charge is -2.16. The monoisotopic (exact) mass is 251 g/mol. The lowest BCUT2D eigenvalue weighted by molar-refractivity contribution is 0.174. The first kappa shape index (κ1) is 12.7. The highest BCUT2D eigenvalue weighted by atomic mass is 16.5. The zero-order valence-corrected chi connectivity index (χ0v) is 10.5. The maximum atomic E-state index is 9.30. The summed E-state index contributed by atoms with van der Waals surface area (Å²) >= 11 is 0. The lowest BCUT2D eigenvalue weighted by atomic mass is 10.2. The first-order valence-electron chi connectivity index (χ1n) is 5.79. The number of nitrogens with one attached hydrogen (secondary N) is 1. The lowest BCUT2D eigenvalue weighted by Crippen LogP contribution is -2.26. The molecule has 2 heterocycles. The number of aromatic nitrogens is 4. The Morgan fingerprint density at radius 2 is 2.33 bits per heavy atom. The van der Waals surface area contributed by atoms with Gasteiger partial charge in [0.25, 0.3) is 0 Å². The zero-order chi connectivity index (χ0) is 13.0. The molecule has 18 heavy (non-hydrogen) atoms. The topological polar surface area (TPSA) is 84.6 Å². The Labute approximate surface area is 105 Å². The SMILES string of the molecule is COCCC(CO)Nc1nccn2c(C)nnc12. The van der Waals surface area contributed by atoms with Gasteiger partial charge in [0.2, 0.25) is 5.65 Å². The maximum Gasteiger partial charge on any atom is 0.203 e. The van der Waals surface area contributed by atoms with Crippen LogP contribution in [0.2, 0.25) is 0 Å². The average molecular weight is 251 g/mol. The van der Waals surface area contributed by atoms with Gasteiger partial charge in [-0.15, -0.1) is 10.2 Å². The summed E-state index contributed by atoms with van der Waals surface area (Å²) in [6, 6.07) is -0.111. The van der Waals surface area contributed by atoms with Gasteiger partial charge in [-0.25, -0.2) is 4.98 Å². The minimum Gasteiger partial charge on any atom is -0.394 e. The third-order valence-corrected chi connectivity index (χ3v) is 2.73. The van der Waals surface area contributed by atoms with E-state index < -0.39 is 0 Å². The number of hydrogen-bond acceptors (Lipinski definition) is 6. The number of methoxy groups -OCH3 is 1. The molecule has 1 unspecified atom stereocenters. The Morgan fingerprint density at radius 3 is 3.06 bits per heavy atom. The molecule has 2 aromatic rings. The molecule has 1 atom stereocenters. The highest BCUT2D eigenvalue weighted by Crippen LogP contribution is 2.13. The minimum absolute atomic E-state index is 0.0131. The summed E-state index contributed by atoms with van der Waals surface area (Å²) in [7, 11) is 1.63. The molecule has 7 heteroatoms. The van der Waals surface area contributed by atoms with E-state index in [9.17, 15) is 5.11 Å². The molecule has 0 aliphatic rings. The van der Waals surface area contributed by atoms with Gasteiger partial charge in [-0.05, 0) is 13.3 Å². The number of aryl methyl sites for hydroxylation is 1. The molecule has 0 amide bonds. The van der Waals surface area contributed by atoms with Crippen LogP contribution in [0.1, 0.15) is 12.2 Å². The van der Waals surface area contributed by atoms with Gasteiger partial charge in [-0.1, -0.05) is 0 Å². The molecule has 2 rings (SSSR count). The van der Waals surface area contributed by atoms with Gasteiger partial charge in [0.15, 0.2) is 5.82 Å². The van der Waals surface area contributed by atoms with Gasteiger partial charge < -0.3 is 15.2 Å². The Morgan fingerprint density at radius 1 is 1.50 bits per heavy atom. The summed E-state index contributed by atoms with van der Waals surface area (Å²) in [4.78, 5) is 4.23. The number of fused-ring (bicyclic) bond motifs is 1. The maximum absolute atomic E-state index is 9.30. The van der Waals surface area contributed by atoms with Crippen LogP contribution in [-0.4, -0.2) is 51.1 Å². The summed E-state index contributed by atoms with van der Waals surface area (Å²) < 4.78 is 6.85. The fourth-order valence-electron chi connectivity index (χ4n) is 1.71. The molecule has 0 bridgehead atoms. The van der Waals surface area contributed by atoms with E-state index in [1.807, 2.05) is 11.3 Å².